The summed E-state index contributed by atoms with van der Waals surface area (Å²) in [4.78, 5) is 19.4. The van der Waals surface area contributed by atoms with Crippen LogP contribution in [0.1, 0.15) is 39.0 Å². The first-order chi connectivity index (χ1) is 15.5. The smallest absolute Gasteiger partial charge is 0.247 e. The third kappa shape index (κ3) is 4.38. The molecule has 2 aromatic carbocycles. The van der Waals surface area contributed by atoms with E-state index in [2.05, 4.69) is 15.2 Å². The topological polar surface area (TPSA) is 77.4 Å². The first kappa shape index (κ1) is 22.4. The fourth-order valence-electron chi connectivity index (χ4n) is 3.48. The number of carbonyl (C=O) groups excluding carboxylic acids is 1. The van der Waals surface area contributed by atoms with Gasteiger partial charge in [-0.15, -0.1) is 10.2 Å². The van der Waals surface area contributed by atoms with Gasteiger partial charge in [0.25, 0.3) is 0 Å². The van der Waals surface area contributed by atoms with Crippen LogP contribution < -0.4 is 14.4 Å². The molecule has 4 rings (SSSR count). The zero-order chi connectivity index (χ0) is 22.7. The van der Waals surface area contributed by atoms with E-state index in [9.17, 15) is 4.79 Å². The van der Waals surface area contributed by atoms with Crippen LogP contribution in [0.25, 0.3) is 11.3 Å². The van der Waals surface area contributed by atoms with Gasteiger partial charge in [0.1, 0.15) is 5.75 Å². The maximum Gasteiger partial charge on any atom is 0.247 e. The van der Waals surface area contributed by atoms with Gasteiger partial charge in [0.15, 0.2) is 5.69 Å². The number of halogens is 1. The van der Waals surface area contributed by atoms with E-state index in [1.807, 2.05) is 51.1 Å². The normalized spacial score (nSPS) is 14.8. The number of rotatable bonds is 6. The summed E-state index contributed by atoms with van der Waals surface area (Å²) in [6, 6.07) is 12.8. The van der Waals surface area contributed by atoms with Crippen molar-refractivity contribution in [1.82, 2.24) is 15.2 Å². The molecule has 0 spiro atoms. The van der Waals surface area contributed by atoms with E-state index in [-0.39, 0.29) is 5.91 Å². The molecule has 1 unspecified atom stereocenters. The van der Waals surface area contributed by atoms with Crippen LogP contribution in [0.2, 0.25) is 5.02 Å². The number of ether oxygens (including phenoxy) is 2. The van der Waals surface area contributed by atoms with Crippen molar-refractivity contribution < 1.29 is 14.3 Å². The number of anilines is 1. The number of carbonyl (C=O) groups is 1. The van der Waals surface area contributed by atoms with Crippen LogP contribution in [-0.4, -0.2) is 33.4 Å². The molecule has 0 saturated heterocycles. The SMILES string of the molecule is CCOc1ccc(C2Oc3nc(SCC)nnc3-c3cc(Cl)ccc3N2C(=O)CC)cc1. The summed E-state index contributed by atoms with van der Waals surface area (Å²) in [6.07, 6.45) is -0.443. The van der Waals surface area contributed by atoms with Crippen molar-refractivity contribution in [2.45, 2.75) is 38.6 Å². The van der Waals surface area contributed by atoms with Gasteiger partial charge < -0.3 is 9.47 Å². The first-order valence-electron chi connectivity index (χ1n) is 10.4. The average Bonchev–Trinajstić information content (AvgIpc) is 2.93. The van der Waals surface area contributed by atoms with E-state index in [1.165, 1.54) is 11.8 Å². The molecule has 1 aliphatic rings. The molecular weight excluding hydrogens is 448 g/mol. The number of nitrogens with zero attached hydrogens (tertiary/aromatic N) is 4. The second-order valence-corrected chi connectivity index (χ2v) is 8.60. The van der Waals surface area contributed by atoms with Gasteiger partial charge in [-0.25, -0.2) is 0 Å². The van der Waals surface area contributed by atoms with Crippen LogP contribution in [0.15, 0.2) is 47.6 Å². The second-order valence-electron chi connectivity index (χ2n) is 6.93. The molecule has 0 bridgehead atoms. The molecule has 1 amide bonds. The number of aromatic nitrogens is 3. The monoisotopic (exact) mass is 470 g/mol. The Morgan fingerprint density at radius 2 is 1.94 bits per heavy atom. The summed E-state index contributed by atoms with van der Waals surface area (Å²) in [6.45, 7) is 6.34. The molecule has 0 fully saturated rings. The van der Waals surface area contributed by atoms with Crippen LogP contribution >= 0.6 is 23.4 Å². The Morgan fingerprint density at radius 1 is 1.16 bits per heavy atom. The van der Waals surface area contributed by atoms with Gasteiger partial charge in [-0.3, -0.25) is 9.69 Å². The third-order valence-electron chi connectivity index (χ3n) is 4.89. The van der Waals surface area contributed by atoms with Gasteiger partial charge in [-0.1, -0.05) is 37.2 Å². The van der Waals surface area contributed by atoms with Crippen molar-refractivity contribution in [2.24, 2.45) is 0 Å². The lowest BCUT2D eigenvalue weighted by atomic mass is 10.1. The number of benzene rings is 2. The average molecular weight is 471 g/mol. The van der Waals surface area contributed by atoms with Gasteiger partial charge in [0, 0.05) is 22.6 Å². The Kier molecular flexibility index (Phi) is 6.81. The van der Waals surface area contributed by atoms with Crippen molar-refractivity contribution in [1.29, 1.82) is 0 Å². The molecule has 2 heterocycles. The maximum atomic E-state index is 13.2. The standard InChI is InChI=1S/C23H23ClN4O3S/c1-4-19(29)28-18-12-9-15(24)13-17(18)20-21(25-23(27-26-20)32-6-3)31-22(28)14-7-10-16(11-8-14)30-5-2/h7-13,22H,4-6H2,1-3H3. The van der Waals surface area contributed by atoms with Gasteiger partial charge in [0.05, 0.1) is 12.3 Å². The summed E-state index contributed by atoms with van der Waals surface area (Å²) in [5.74, 6) is 1.75. The predicted octanol–water partition coefficient (Wildman–Crippen LogP) is 5.54. The molecule has 0 N–H and O–H groups in total. The van der Waals surface area contributed by atoms with Crippen molar-refractivity contribution in [2.75, 3.05) is 17.3 Å². The fourth-order valence-corrected chi connectivity index (χ4v) is 4.16. The van der Waals surface area contributed by atoms with Crippen LogP contribution in [0.4, 0.5) is 5.69 Å². The molecule has 0 aliphatic carbocycles. The van der Waals surface area contributed by atoms with Crippen molar-refractivity contribution in [3.8, 4) is 22.9 Å². The summed E-state index contributed by atoms with van der Waals surface area (Å²) < 4.78 is 11.9. The molecule has 1 aliphatic heterocycles. The van der Waals surface area contributed by atoms with E-state index in [0.717, 1.165) is 17.1 Å². The van der Waals surface area contributed by atoms with Crippen LogP contribution in [0.5, 0.6) is 11.6 Å². The third-order valence-corrected chi connectivity index (χ3v) is 5.84. The first-order valence-corrected chi connectivity index (χ1v) is 11.8. The highest BCUT2D eigenvalue weighted by Gasteiger charge is 2.35. The molecule has 7 nitrogen and oxygen atoms in total. The van der Waals surface area contributed by atoms with Gasteiger partial charge in [-0.2, -0.15) is 4.98 Å². The number of hydrogen-bond donors (Lipinski definition) is 0. The Bertz CT molecular complexity index is 1130. The van der Waals surface area contributed by atoms with E-state index < -0.39 is 6.23 Å². The highest BCUT2D eigenvalue weighted by molar-refractivity contribution is 7.99. The molecule has 1 aromatic heterocycles. The highest BCUT2D eigenvalue weighted by Crippen LogP contribution is 2.44. The van der Waals surface area contributed by atoms with Crippen LogP contribution in [0, 0.1) is 0 Å². The van der Waals surface area contributed by atoms with Crippen LogP contribution in [0.3, 0.4) is 0 Å². The van der Waals surface area contributed by atoms with Crippen molar-refractivity contribution in [3.05, 3.63) is 53.1 Å². The largest absolute Gasteiger partial charge is 0.494 e. The predicted molar refractivity (Wildman–Crippen MR) is 125 cm³/mol. The van der Waals surface area contributed by atoms with Crippen LogP contribution in [-0.2, 0) is 4.79 Å². The molecule has 1 atom stereocenters. The van der Waals surface area contributed by atoms with E-state index in [0.29, 0.717) is 46.0 Å². The quantitative estimate of drug-likeness (QED) is 0.438. The van der Waals surface area contributed by atoms with Crippen molar-refractivity contribution in [3.63, 3.8) is 0 Å². The Balaban J connectivity index is 1.91. The molecule has 166 valence electrons. The minimum atomic E-state index is -0.740. The minimum Gasteiger partial charge on any atom is -0.494 e. The zero-order valence-electron chi connectivity index (χ0n) is 18.0. The molecular formula is C23H23ClN4O3S. The Hall–Kier alpha value is -2.84. The van der Waals surface area contributed by atoms with Gasteiger partial charge in [0.2, 0.25) is 23.2 Å². The lowest BCUT2D eigenvalue weighted by Crippen LogP contribution is -2.37. The fraction of sp³-hybridized carbons (Fsp3) is 0.304. The van der Waals surface area contributed by atoms with Gasteiger partial charge >= 0.3 is 0 Å². The number of fused-ring (bicyclic) bond motifs is 3. The number of thioether (sulfide) groups is 1. The number of hydrogen-bond acceptors (Lipinski definition) is 7. The highest BCUT2D eigenvalue weighted by atomic mass is 35.5. The molecule has 0 saturated carbocycles. The summed E-state index contributed by atoms with van der Waals surface area (Å²) >= 11 is 7.78. The molecule has 0 radical (unpaired) electrons. The molecule has 3 aromatic rings. The Morgan fingerprint density at radius 3 is 2.62 bits per heavy atom. The van der Waals surface area contributed by atoms with Crippen molar-refractivity contribution >= 4 is 35.0 Å². The van der Waals surface area contributed by atoms with Gasteiger partial charge in [-0.05, 0) is 55.1 Å². The lowest BCUT2D eigenvalue weighted by Gasteiger charge is -2.30. The lowest BCUT2D eigenvalue weighted by molar-refractivity contribution is -0.120. The summed E-state index contributed by atoms with van der Waals surface area (Å²) in [7, 11) is 0. The Labute approximate surface area is 196 Å². The summed E-state index contributed by atoms with van der Waals surface area (Å²) in [5.41, 5.74) is 2.53. The molecule has 32 heavy (non-hydrogen) atoms. The zero-order valence-corrected chi connectivity index (χ0v) is 19.6. The molecule has 9 heteroatoms. The minimum absolute atomic E-state index is 0.101. The second kappa shape index (κ2) is 9.75. The van der Waals surface area contributed by atoms with E-state index in [4.69, 9.17) is 21.1 Å². The number of amides is 1. The van der Waals surface area contributed by atoms with E-state index >= 15 is 0 Å². The van der Waals surface area contributed by atoms with E-state index in [1.54, 1.807) is 17.0 Å². The maximum absolute atomic E-state index is 13.2. The summed E-state index contributed by atoms with van der Waals surface area (Å²) in [5, 5.41) is 9.65.